The van der Waals surface area contributed by atoms with E-state index in [0.29, 0.717) is 12.2 Å². The van der Waals surface area contributed by atoms with Crippen molar-refractivity contribution in [3.05, 3.63) is 53.9 Å². The minimum Gasteiger partial charge on any atom is -0.497 e. The van der Waals surface area contributed by atoms with Crippen LogP contribution >= 0.6 is 11.3 Å². The van der Waals surface area contributed by atoms with Gasteiger partial charge >= 0.3 is 0 Å². The van der Waals surface area contributed by atoms with Crippen molar-refractivity contribution in [3.63, 3.8) is 0 Å². The smallest absolute Gasteiger partial charge is 0.234 e. The Hall–Kier alpha value is -3.13. The van der Waals surface area contributed by atoms with E-state index in [2.05, 4.69) is 10.2 Å². The summed E-state index contributed by atoms with van der Waals surface area (Å²) in [6.45, 7) is 0. The Morgan fingerprint density at radius 3 is 2.33 bits per heavy atom. The summed E-state index contributed by atoms with van der Waals surface area (Å²) in [4.78, 5) is 0.742. The summed E-state index contributed by atoms with van der Waals surface area (Å²) in [5.41, 5.74) is 2.01. The molecule has 8 heteroatoms. The molecule has 2 aromatic carbocycles. The average Bonchev–Trinajstić information content (AvgIpc) is 3.30. The Balaban J connectivity index is 1.67. The Labute approximate surface area is 160 Å². The van der Waals surface area contributed by atoms with Crippen molar-refractivity contribution in [2.75, 3.05) is 21.3 Å². The van der Waals surface area contributed by atoms with Crippen molar-refractivity contribution >= 4 is 16.3 Å². The number of ether oxygens (including phenoxy) is 3. The fraction of sp³-hybridized carbons (Fsp3) is 0.211. The maximum Gasteiger partial charge on any atom is 0.234 e. The molecule has 7 nitrogen and oxygen atoms in total. The summed E-state index contributed by atoms with van der Waals surface area (Å²) in [5.74, 6) is 3.05. The Kier molecular flexibility index (Phi) is 4.64. The van der Waals surface area contributed by atoms with Gasteiger partial charge in [-0.2, -0.15) is 9.61 Å². The summed E-state index contributed by atoms with van der Waals surface area (Å²) >= 11 is 1.47. The van der Waals surface area contributed by atoms with Gasteiger partial charge in [-0.25, -0.2) is 0 Å². The van der Waals surface area contributed by atoms with Gasteiger partial charge in [-0.1, -0.05) is 23.5 Å². The molecule has 0 atom stereocenters. The highest BCUT2D eigenvalue weighted by atomic mass is 32.1. The van der Waals surface area contributed by atoms with Crippen molar-refractivity contribution in [3.8, 4) is 27.8 Å². The lowest BCUT2D eigenvalue weighted by atomic mass is 10.1. The molecule has 2 heterocycles. The summed E-state index contributed by atoms with van der Waals surface area (Å²) in [7, 11) is 4.91. The van der Waals surface area contributed by atoms with Crippen LogP contribution in [0.1, 0.15) is 11.4 Å². The lowest BCUT2D eigenvalue weighted by Gasteiger charge is -2.07. The SMILES string of the molecule is COc1ccc(Cc2nnc3sc(-c4ccc(OC)cc4OC)nn23)cc1. The highest BCUT2D eigenvalue weighted by Gasteiger charge is 2.16. The van der Waals surface area contributed by atoms with Crippen LogP contribution < -0.4 is 14.2 Å². The molecule has 4 rings (SSSR count). The van der Waals surface area contributed by atoms with Crippen molar-refractivity contribution in [2.45, 2.75) is 6.42 Å². The van der Waals surface area contributed by atoms with Gasteiger partial charge in [0.2, 0.25) is 4.96 Å². The van der Waals surface area contributed by atoms with E-state index in [1.54, 1.807) is 25.8 Å². The minimum absolute atomic E-state index is 0.633. The fourth-order valence-corrected chi connectivity index (χ4v) is 3.67. The van der Waals surface area contributed by atoms with Crippen molar-refractivity contribution in [2.24, 2.45) is 0 Å². The lowest BCUT2D eigenvalue weighted by Crippen LogP contribution is -1.98. The monoisotopic (exact) mass is 382 g/mol. The first-order valence-electron chi connectivity index (χ1n) is 8.28. The topological polar surface area (TPSA) is 70.8 Å². The summed E-state index contributed by atoms with van der Waals surface area (Å²) in [6, 6.07) is 13.6. The number of fused-ring (bicyclic) bond motifs is 1. The van der Waals surface area contributed by atoms with E-state index < -0.39 is 0 Å². The molecule has 0 saturated carbocycles. The van der Waals surface area contributed by atoms with E-state index in [1.165, 1.54) is 11.3 Å². The summed E-state index contributed by atoms with van der Waals surface area (Å²) in [5, 5.41) is 14.1. The molecule has 0 aliphatic rings. The number of methoxy groups -OCH3 is 3. The number of aromatic nitrogens is 4. The van der Waals surface area contributed by atoms with Crippen LogP contribution in [0.2, 0.25) is 0 Å². The molecule has 0 unspecified atom stereocenters. The molecular weight excluding hydrogens is 364 g/mol. The number of nitrogens with zero attached hydrogens (tertiary/aromatic N) is 4. The van der Waals surface area contributed by atoms with Crippen LogP contribution in [0.15, 0.2) is 42.5 Å². The zero-order valence-corrected chi connectivity index (χ0v) is 16.0. The molecule has 0 aliphatic heterocycles. The van der Waals surface area contributed by atoms with Crippen LogP contribution in [0.5, 0.6) is 17.2 Å². The van der Waals surface area contributed by atoms with Crippen molar-refractivity contribution in [1.29, 1.82) is 0 Å². The molecule has 0 aliphatic carbocycles. The average molecular weight is 382 g/mol. The second-order valence-electron chi connectivity index (χ2n) is 5.81. The van der Waals surface area contributed by atoms with Crippen LogP contribution in [0.3, 0.4) is 0 Å². The van der Waals surface area contributed by atoms with Gasteiger partial charge in [0, 0.05) is 12.5 Å². The van der Waals surface area contributed by atoms with Crippen LogP contribution in [-0.2, 0) is 6.42 Å². The molecule has 0 fully saturated rings. The maximum atomic E-state index is 5.49. The summed E-state index contributed by atoms with van der Waals surface area (Å²) < 4.78 is 17.7. The minimum atomic E-state index is 0.633. The molecule has 0 radical (unpaired) electrons. The standard InChI is InChI=1S/C19H18N4O3S/c1-24-13-6-4-12(5-7-13)10-17-20-21-19-23(17)22-18(27-19)15-9-8-14(25-2)11-16(15)26-3/h4-9,11H,10H2,1-3H3. The predicted molar refractivity (Wildman–Crippen MR) is 103 cm³/mol. The van der Waals surface area contributed by atoms with Crippen molar-refractivity contribution < 1.29 is 14.2 Å². The molecule has 27 heavy (non-hydrogen) atoms. The normalized spacial score (nSPS) is 10.9. The molecule has 2 aromatic heterocycles. The second-order valence-corrected chi connectivity index (χ2v) is 6.76. The Morgan fingerprint density at radius 2 is 1.63 bits per heavy atom. The third-order valence-electron chi connectivity index (χ3n) is 4.22. The first-order valence-corrected chi connectivity index (χ1v) is 9.10. The molecular formula is C19H18N4O3S. The molecule has 4 aromatic rings. The van der Waals surface area contributed by atoms with E-state index in [4.69, 9.17) is 19.3 Å². The first kappa shape index (κ1) is 17.3. The van der Waals surface area contributed by atoms with Gasteiger partial charge in [0.1, 0.15) is 17.2 Å². The van der Waals surface area contributed by atoms with Gasteiger partial charge in [0.15, 0.2) is 10.8 Å². The van der Waals surface area contributed by atoms with Gasteiger partial charge in [-0.15, -0.1) is 10.2 Å². The van der Waals surface area contributed by atoms with E-state index in [0.717, 1.165) is 38.4 Å². The van der Waals surface area contributed by atoms with Crippen LogP contribution in [-0.4, -0.2) is 41.1 Å². The highest BCUT2D eigenvalue weighted by Crippen LogP contribution is 2.35. The number of rotatable bonds is 6. The van der Waals surface area contributed by atoms with Gasteiger partial charge in [-0.05, 0) is 29.8 Å². The number of benzene rings is 2. The highest BCUT2D eigenvalue weighted by molar-refractivity contribution is 7.19. The second kappa shape index (κ2) is 7.24. The number of hydrogen-bond donors (Lipinski definition) is 0. The van der Waals surface area contributed by atoms with E-state index in [1.807, 2.05) is 42.5 Å². The van der Waals surface area contributed by atoms with Gasteiger partial charge in [0.05, 0.1) is 26.9 Å². The van der Waals surface area contributed by atoms with Crippen molar-refractivity contribution in [1.82, 2.24) is 19.8 Å². The van der Waals surface area contributed by atoms with E-state index in [9.17, 15) is 0 Å². The zero-order valence-electron chi connectivity index (χ0n) is 15.2. The van der Waals surface area contributed by atoms with Gasteiger partial charge in [-0.3, -0.25) is 0 Å². The van der Waals surface area contributed by atoms with Gasteiger partial charge < -0.3 is 14.2 Å². The Bertz CT molecular complexity index is 1070. The fourth-order valence-electron chi connectivity index (χ4n) is 2.78. The molecule has 0 N–H and O–H groups in total. The largest absolute Gasteiger partial charge is 0.497 e. The Morgan fingerprint density at radius 1 is 0.889 bits per heavy atom. The zero-order chi connectivity index (χ0) is 18.8. The number of hydrogen-bond acceptors (Lipinski definition) is 7. The van der Waals surface area contributed by atoms with Gasteiger partial charge in [0.25, 0.3) is 0 Å². The molecule has 0 bridgehead atoms. The molecule has 0 amide bonds. The quantitative estimate of drug-likeness (QED) is 0.509. The molecule has 138 valence electrons. The third kappa shape index (κ3) is 3.31. The molecule has 0 saturated heterocycles. The summed E-state index contributed by atoms with van der Waals surface area (Å²) in [6.07, 6.45) is 0.633. The molecule has 0 spiro atoms. The third-order valence-corrected chi connectivity index (χ3v) is 5.15. The predicted octanol–water partition coefficient (Wildman–Crippen LogP) is 3.47. The van der Waals surface area contributed by atoms with Crippen LogP contribution in [0.25, 0.3) is 15.5 Å². The first-order chi connectivity index (χ1) is 13.2. The van der Waals surface area contributed by atoms with Crippen LogP contribution in [0.4, 0.5) is 0 Å². The van der Waals surface area contributed by atoms with E-state index >= 15 is 0 Å². The van der Waals surface area contributed by atoms with Crippen LogP contribution in [0, 0.1) is 0 Å². The van der Waals surface area contributed by atoms with E-state index in [-0.39, 0.29) is 0 Å². The lowest BCUT2D eigenvalue weighted by molar-refractivity contribution is 0.395. The maximum absolute atomic E-state index is 5.49.